The predicted octanol–water partition coefficient (Wildman–Crippen LogP) is 7.82. The fourth-order valence-corrected chi connectivity index (χ4v) is 20.8. The van der Waals surface area contributed by atoms with Crippen LogP contribution < -0.4 is 14.8 Å². The molecule has 0 aromatic heterocycles. The van der Waals surface area contributed by atoms with E-state index in [4.69, 9.17) is 14.1 Å². The third-order valence-corrected chi connectivity index (χ3v) is 26.7. The minimum atomic E-state index is -6.81. The minimum absolute atomic E-state index is 0.0356. The summed E-state index contributed by atoms with van der Waals surface area (Å²) in [6.07, 6.45) is 1.28. The Balaban J connectivity index is 1.38. The van der Waals surface area contributed by atoms with Gasteiger partial charge >= 0.3 is 11.5 Å². The van der Waals surface area contributed by atoms with E-state index in [0.717, 1.165) is 12.1 Å². The molecule has 0 bridgehead atoms. The van der Waals surface area contributed by atoms with Gasteiger partial charge in [-0.15, -0.1) is 4.13 Å². The number of halogens is 3. The molecule has 0 saturated carbocycles. The van der Waals surface area contributed by atoms with Gasteiger partial charge < -0.3 is 14.5 Å². The molecule has 0 spiro atoms. The largest absolute Gasteiger partial charge is 0.499 e. The number of rotatable bonds is 16. The average Bonchev–Trinajstić information content (AvgIpc) is 3.50. The normalized spacial score (nSPS) is 15.7. The lowest BCUT2D eigenvalue weighted by Gasteiger charge is -2.33. The molecule has 1 aliphatic carbocycles. The minimum Gasteiger partial charge on any atom is -0.462 e. The summed E-state index contributed by atoms with van der Waals surface area (Å²) in [6.45, 7) is 11.3. The van der Waals surface area contributed by atoms with Crippen molar-refractivity contribution in [1.29, 1.82) is 0 Å². The lowest BCUT2D eigenvalue weighted by atomic mass is 9.90. The average molecular weight is 1200 g/mol. The van der Waals surface area contributed by atoms with Crippen LogP contribution in [0, 0.1) is 33.1 Å². The molecule has 19 nitrogen and oxygen atoms in total. The number of benzene rings is 5. The second-order valence-corrected chi connectivity index (χ2v) is 32.3. The first-order valence-corrected chi connectivity index (χ1v) is 33.5. The topological polar surface area (TPSA) is 284 Å². The lowest BCUT2D eigenvalue weighted by molar-refractivity contribution is -0.161. The summed E-state index contributed by atoms with van der Waals surface area (Å²) in [6, 6.07) is 20.1. The molecule has 0 amide bonds. The highest BCUT2D eigenvalue weighted by Gasteiger charge is 2.60. The Kier molecular flexibility index (Phi) is 16.2. The molecule has 4 aromatic rings. The highest BCUT2D eigenvalue weighted by molar-refractivity contribution is 8.24. The number of carbonyl (C=O) groups is 1. The monoisotopic (exact) mass is 1200 g/mol. The van der Waals surface area contributed by atoms with E-state index in [0.29, 0.717) is 34.8 Å². The van der Waals surface area contributed by atoms with Crippen molar-refractivity contribution in [3.05, 3.63) is 113 Å². The van der Waals surface area contributed by atoms with Gasteiger partial charge in [-0.05, 0) is 132 Å². The number of ether oxygens (including phenoxy) is 1. The molecule has 1 unspecified atom stereocenters. The Morgan fingerprint density at radius 1 is 0.769 bits per heavy atom. The highest BCUT2D eigenvalue weighted by atomic mass is 32.3. The van der Waals surface area contributed by atoms with Crippen molar-refractivity contribution < 1.29 is 77.6 Å². The smallest absolute Gasteiger partial charge is 0.462 e. The van der Waals surface area contributed by atoms with E-state index in [-0.39, 0.29) is 104 Å². The zero-order valence-corrected chi connectivity index (χ0v) is 48.3. The third-order valence-electron chi connectivity index (χ3n) is 13.2. The number of alkyl halides is 3. The Morgan fingerprint density at radius 3 is 1.96 bits per heavy atom. The maximum atomic E-state index is 14.8. The molecule has 1 atom stereocenters. The first-order chi connectivity index (χ1) is 35.8. The molecule has 1 saturated heterocycles. The van der Waals surface area contributed by atoms with E-state index in [9.17, 15) is 68.5 Å². The lowest BCUT2D eigenvalue weighted by Crippen LogP contribution is -2.44. The molecule has 422 valence electrons. The molecule has 28 heteroatoms. The Hall–Kier alpha value is -5.75. The number of aryl methyl sites for hydroxylation is 3. The van der Waals surface area contributed by atoms with Gasteiger partial charge in [-0.3, -0.25) is 4.79 Å². The number of nitrogens with one attached hydrogen (secondary N) is 2. The highest BCUT2D eigenvalue weighted by Crippen LogP contribution is 2.45. The molecule has 3 aliphatic rings. The molecular weight excluding hydrogens is 1150 g/mol. The molecular formula is C50H55F3N4O15S6. The molecule has 1 fully saturated rings. The summed E-state index contributed by atoms with van der Waals surface area (Å²) < 4.78 is 209. The van der Waals surface area contributed by atoms with Crippen LogP contribution in [0.25, 0.3) is 33.4 Å². The van der Waals surface area contributed by atoms with E-state index in [2.05, 4.69) is 5.32 Å². The van der Waals surface area contributed by atoms with Crippen LogP contribution in [0.2, 0.25) is 0 Å². The van der Waals surface area contributed by atoms with Crippen LogP contribution in [0.3, 0.4) is 0 Å². The number of carbonyl (C=O) groups excluding carboxylic acids is 1. The zero-order chi connectivity index (χ0) is 58.1. The van der Waals surface area contributed by atoms with Gasteiger partial charge in [-0.1, -0.05) is 31.2 Å². The van der Waals surface area contributed by atoms with Crippen molar-refractivity contribution in [1.82, 2.24) is 8.43 Å². The number of piperidine rings is 1. The van der Waals surface area contributed by atoms with Crippen LogP contribution in [0.1, 0.15) is 62.3 Å². The molecule has 4 aromatic carbocycles. The van der Waals surface area contributed by atoms with Crippen molar-refractivity contribution in [2.24, 2.45) is 10.4 Å². The SMILES string of the molecule is CCC(C)(C)C(=O)OC1CCN(S(=O)(=O)c2ccccc2-c2c3cc/c(=N\c4c(C)ccc(S(=O)(=O)NS(C)(=O)=O)c4C)cc-3oc3cc(Nc4c(C)cc(S(=O)(=O)C(S(C)(=O)=O)S(=O)(=O)C(F)(F)F)cc4C)ccc23)CC1. The summed E-state index contributed by atoms with van der Waals surface area (Å²) in [7, 11) is -31.1. The van der Waals surface area contributed by atoms with Crippen LogP contribution in [0.5, 0.6) is 0 Å². The number of sulfone groups is 3. The zero-order valence-electron chi connectivity index (χ0n) is 43.4. The number of fused-ring (bicyclic) bond motifs is 2. The van der Waals surface area contributed by atoms with E-state index in [1.807, 2.05) is 6.92 Å². The van der Waals surface area contributed by atoms with Crippen molar-refractivity contribution in [3.63, 3.8) is 0 Å². The van der Waals surface area contributed by atoms with Crippen molar-refractivity contribution in [3.8, 4) is 22.5 Å². The number of hydrogen-bond donors (Lipinski definition) is 2. The van der Waals surface area contributed by atoms with Crippen LogP contribution >= 0.6 is 0 Å². The van der Waals surface area contributed by atoms with Gasteiger partial charge in [0.1, 0.15) is 17.4 Å². The van der Waals surface area contributed by atoms with E-state index in [1.54, 1.807) is 67.4 Å². The second kappa shape index (κ2) is 21.0. The molecule has 78 heavy (non-hydrogen) atoms. The Labute approximate surface area is 451 Å². The molecule has 2 heterocycles. The molecule has 2 N–H and O–H groups in total. The Bertz CT molecular complexity index is 4150. The fraction of sp³-hybridized carbons (Fsp3) is 0.360. The molecule has 0 radical (unpaired) electrons. The standard InChI is InChI=1S/C50H55F3N4O15S6/c1-10-49(6,7)47(58)71-35-21-23-57(24-22-35)78(69,70)43-14-12-11-13-39(43)44-37-18-16-33(54-45-30(3)25-36(26-31(45)4)75(63,64)48(73(8,59)60)76(65,66)50(51,52)53)27-40(37)72-41-28-34(17-19-38(41)44)55-46-29(2)15-20-42(32(46)5)77(67,68)56-74(9,61)62/h11-20,25-28,35,48,54,56H,10,21-24H2,1-9H3/b55-34+. The summed E-state index contributed by atoms with van der Waals surface area (Å²) in [4.78, 5) is 16.2. The Morgan fingerprint density at radius 2 is 1.38 bits per heavy atom. The van der Waals surface area contributed by atoms with Crippen LogP contribution in [-0.2, 0) is 69.1 Å². The van der Waals surface area contributed by atoms with Gasteiger partial charge in [-0.25, -0.2) is 55.5 Å². The number of nitrogens with zero attached hydrogens (tertiary/aromatic N) is 2. The quantitative estimate of drug-likeness (QED) is 0.0690. The first kappa shape index (κ1) is 59.9. The van der Waals surface area contributed by atoms with Gasteiger partial charge in [0.25, 0.3) is 23.8 Å². The van der Waals surface area contributed by atoms with Gasteiger partial charge in [0.05, 0.1) is 37.4 Å². The molecule has 2 aliphatic heterocycles. The maximum absolute atomic E-state index is 14.8. The number of esters is 1. The van der Waals surface area contributed by atoms with Gasteiger partial charge in [0.15, 0.2) is 9.84 Å². The van der Waals surface area contributed by atoms with E-state index < -0.39 is 85.4 Å². The number of hydrogen-bond acceptors (Lipinski definition) is 17. The van der Waals surface area contributed by atoms with E-state index >= 15 is 0 Å². The van der Waals surface area contributed by atoms with Crippen LogP contribution in [-0.4, -0.2) is 102 Å². The van der Waals surface area contributed by atoms with Crippen molar-refractivity contribution >= 4 is 93.6 Å². The van der Waals surface area contributed by atoms with E-state index in [1.165, 1.54) is 55.4 Å². The second-order valence-electron chi connectivity index (χ2n) is 19.6. The third kappa shape index (κ3) is 11.9. The first-order valence-electron chi connectivity index (χ1n) is 23.6. The van der Waals surface area contributed by atoms with Crippen molar-refractivity contribution in [2.45, 2.75) is 97.9 Å². The molecule has 7 rings (SSSR count). The van der Waals surface area contributed by atoms with Gasteiger partial charge in [0, 0.05) is 64.9 Å². The summed E-state index contributed by atoms with van der Waals surface area (Å²) in [5.74, 6) is -0.247. The van der Waals surface area contributed by atoms with Gasteiger partial charge in [-0.2, -0.15) is 17.5 Å². The van der Waals surface area contributed by atoms with Gasteiger partial charge in [0.2, 0.25) is 29.9 Å². The van der Waals surface area contributed by atoms with Crippen LogP contribution in [0.15, 0.2) is 109 Å². The summed E-state index contributed by atoms with van der Waals surface area (Å²) in [5, 5.41) is 3.70. The number of anilines is 2. The predicted molar refractivity (Wildman–Crippen MR) is 287 cm³/mol. The van der Waals surface area contributed by atoms with Crippen LogP contribution in [0.4, 0.5) is 30.2 Å². The van der Waals surface area contributed by atoms with Crippen molar-refractivity contribution in [2.75, 3.05) is 30.9 Å². The summed E-state index contributed by atoms with van der Waals surface area (Å²) in [5.41, 5.74) is -4.52. The summed E-state index contributed by atoms with van der Waals surface area (Å²) >= 11 is 0. The maximum Gasteiger partial charge on any atom is 0.499 e. The fourth-order valence-electron chi connectivity index (χ4n) is 8.93. The number of sulfonamides is 3.